The number of furan rings is 1. The van der Waals surface area contributed by atoms with Gasteiger partial charge >= 0.3 is 0 Å². The molecule has 0 aliphatic carbocycles. The van der Waals surface area contributed by atoms with Crippen LogP contribution < -0.4 is 4.74 Å². The maximum Gasteiger partial charge on any atom is 0.216 e. The molecule has 0 amide bonds. The van der Waals surface area contributed by atoms with Crippen LogP contribution in [0.5, 0.6) is 5.75 Å². The zero-order chi connectivity index (χ0) is 17.8. The van der Waals surface area contributed by atoms with Gasteiger partial charge in [-0.15, -0.1) is 0 Å². The van der Waals surface area contributed by atoms with Gasteiger partial charge in [0.25, 0.3) is 0 Å². The minimum absolute atomic E-state index is 0.261. The van der Waals surface area contributed by atoms with Gasteiger partial charge in [0, 0.05) is 12.5 Å². The van der Waals surface area contributed by atoms with E-state index in [1.807, 2.05) is 13.0 Å². The Kier molecular flexibility index (Phi) is 5.57. The van der Waals surface area contributed by atoms with Gasteiger partial charge in [-0.2, -0.15) is 14.9 Å². The summed E-state index contributed by atoms with van der Waals surface area (Å²) in [5.41, 5.74) is 0. The number of aromatic nitrogens is 3. The Hall–Kier alpha value is -2.09. The van der Waals surface area contributed by atoms with Crippen LogP contribution >= 0.6 is 35.4 Å². The molecule has 130 valence electrons. The summed E-state index contributed by atoms with van der Waals surface area (Å²) in [6.45, 7) is 2.24. The molecule has 0 aliphatic rings. The number of ether oxygens (including phenoxy) is 1. The molecule has 2 heterocycles. The Morgan fingerprint density at radius 2 is 2.16 bits per heavy atom. The first-order valence-corrected chi connectivity index (χ1v) is 8.60. The molecule has 6 nitrogen and oxygen atoms in total. The van der Waals surface area contributed by atoms with Crippen LogP contribution in [0.2, 0.25) is 10.0 Å². The van der Waals surface area contributed by atoms with Crippen LogP contribution in [-0.2, 0) is 13.0 Å². The average Bonchev–Trinajstić information content (AvgIpc) is 3.20. The molecule has 0 aliphatic heterocycles. The van der Waals surface area contributed by atoms with Gasteiger partial charge in [0.15, 0.2) is 5.82 Å². The molecule has 3 rings (SSSR count). The van der Waals surface area contributed by atoms with E-state index in [1.54, 1.807) is 35.2 Å². The second kappa shape index (κ2) is 7.86. The fraction of sp³-hybridized carbons (Fsp3) is 0.188. The third kappa shape index (κ3) is 4.31. The molecule has 0 saturated carbocycles. The summed E-state index contributed by atoms with van der Waals surface area (Å²) in [6.07, 6.45) is 2.29. The molecule has 9 heteroatoms. The molecule has 1 aromatic carbocycles. The van der Waals surface area contributed by atoms with E-state index in [-0.39, 0.29) is 6.61 Å². The molecular formula is C16H14Cl2N4O2S. The third-order valence-electron chi connectivity index (χ3n) is 3.29. The first-order chi connectivity index (χ1) is 12.1. The van der Waals surface area contributed by atoms with Crippen molar-refractivity contribution < 1.29 is 9.15 Å². The van der Waals surface area contributed by atoms with Crippen molar-refractivity contribution in [2.75, 3.05) is 0 Å². The zero-order valence-electron chi connectivity index (χ0n) is 13.2. The Morgan fingerprint density at radius 3 is 2.92 bits per heavy atom. The Morgan fingerprint density at radius 1 is 1.32 bits per heavy atom. The highest BCUT2D eigenvalue weighted by Crippen LogP contribution is 2.26. The summed E-state index contributed by atoms with van der Waals surface area (Å²) >= 11 is 17.0. The van der Waals surface area contributed by atoms with Gasteiger partial charge in [-0.3, -0.25) is 5.10 Å². The Labute approximate surface area is 159 Å². The van der Waals surface area contributed by atoms with Gasteiger partial charge in [0.05, 0.1) is 16.3 Å². The monoisotopic (exact) mass is 396 g/mol. The number of halogens is 2. The van der Waals surface area contributed by atoms with Crippen molar-refractivity contribution >= 4 is 41.6 Å². The highest BCUT2D eigenvalue weighted by Gasteiger charge is 2.05. The molecule has 0 radical (unpaired) electrons. The average molecular weight is 397 g/mol. The van der Waals surface area contributed by atoms with Gasteiger partial charge in [-0.25, -0.2) is 0 Å². The van der Waals surface area contributed by atoms with E-state index < -0.39 is 0 Å². The van der Waals surface area contributed by atoms with E-state index in [0.29, 0.717) is 38.5 Å². The normalized spacial score (nSPS) is 11.3. The maximum atomic E-state index is 5.96. The molecule has 1 N–H and O–H groups in total. The fourth-order valence-electron chi connectivity index (χ4n) is 2.05. The van der Waals surface area contributed by atoms with Crippen LogP contribution in [0.3, 0.4) is 0 Å². The number of nitrogens with zero attached hydrogens (tertiary/aromatic N) is 3. The van der Waals surface area contributed by atoms with Crippen molar-refractivity contribution in [3.63, 3.8) is 0 Å². The standard InChI is InChI=1S/C16H14Cl2N4O2S/c1-2-15-20-21-16(25)22(15)19-8-11-3-4-12(24-11)9-23-10-5-6-13(17)14(18)7-10/h3-8H,2,9H2,1H3,(H,21,25)/b19-8-. The summed E-state index contributed by atoms with van der Waals surface area (Å²) in [7, 11) is 0. The SMILES string of the molecule is CCc1n[nH]c(=S)n1/N=C\c1ccc(COc2ccc(Cl)c(Cl)c2)o1. The molecule has 0 unspecified atom stereocenters. The summed E-state index contributed by atoms with van der Waals surface area (Å²) < 4.78 is 13.3. The van der Waals surface area contributed by atoms with Crippen LogP contribution in [0.1, 0.15) is 24.3 Å². The van der Waals surface area contributed by atoms with Gasteiger partial charge in [0.2, 0.25) is 4.77 Å². The van der Waals surface area contributed by atoms with Gasteiger partial charge in [-0.05, 0) is 36.5 Å². The van der Waals surface area contributed by atoms with Crippen molar-refractivity contribution in [1.29, 1.82) is 0 Å². The quantitative estimate of drug-likeness (QED) is 0.476. The van der Waals surface area contributed by atoms with Crippen molar-refractivity contribution in [2.24, 2.45) is 5.10 Å². The molecule has 0 atom stereocenters. The van der Waals surface area contributed by atoms with E-state index >= 15 is 0 Å². The predicted molar refractivity (Wildman–Crippen MR) is 99.3 cm³/mol. The largest absolute Gasteiger partial charge is 0.486 e. The minimum atomic E-state index is 0.261. The lowest BCUT2D eigenvalue weighted by Gasteiger charge is -2.05. The number of hydrogen-bond donors (Lipinski definition) is 1. The van der Waals surface area contributed by atoms with Crippen molar-refractivity contribution in [3.05, 3.63) is 62.5 Å². The molecule has 0 saturated heterocycles. The number of aryl methyl sites for hydroxylation is 1. The van der Waals surface area contributed by atoms with Crippen molar-refractivity contribution in [1.82, 2.24) is 14.9 Å². The number of nitrogens with one attached hydrogen (secondary N) is 1. The van der Waals surface area contributed by atoms with E-state index in [0.717, 1.165) is 5.82 Å². The highest BCUT2D eigenvalue weighted by atomic mass is 35.5. The van der Waals surface area contributed by atoms with E-state index in [1.165, 1.54) is 0 Å². The first kappa shape index (κ1) is 17.7. The number of rotatable bonds is 6. The van der Waals surface area contributed by atoms with E-state index in [2.05, 4.69) is 15.3 Å². The molecule has 0 bridgehead atoms. The molecular weight excluding hydrogens is 383 g/mol. The third-order valence-corrected chi connectivity index (χ3v) is 4.29. The lowest BCUT2D eigenvalue weighted by molar-refractivity contribution is 0.270. The molecule has 0 fully saturated rings. The van der Waals surface area contributed by atoms with E-state index in [9.17, 15) is 0 Å². The van der Waals surface area contributed by atoms with Gasteiger partial charge in [0.1, 0.15) is 23.9 Å². The van der Waals surface area contributed by atoms with Crippen LogP contribution in [0.4, 0.5) is 0 Å². The summed E-state index contributed by atoms with van der Waals surface area (Å²) in [6, 6.07) is 8.69. The topological polar surface area (TPSA) is 68.3 Å². The number of hydrogen-bond acceptors (Lipinski definition) is 5. The fourth-order valence-corrected chi connectivity index (χ4v) is 2.54. The van der Waals surface area contributed by atoms with E-state index in [4.69, 9.17) is 44.6 Å². The first-order valence-electron chi connectivity index (χ1n) is 7.44. The van der Waals surface area contributed by atoms with Crippen molar-refractivity contribution in [2.45, 2.75) is 20.0 Å². The molecule has 3 aromatic rings. The molecule has 25 heavy (non-hydrogen) atoms. The maximum absolute atomic E-state index is 5.96. The van der Waals surface area contributed by atoms with Crippen molar-refractivity contribution in [3.8, 4) is 5.75 Å². The van der Waals surface area contributed by atoms with Crippen LogP contribution in [-0.4, -0.2) is 21.1 Å². The zero-order valence-corrected chi connectivity index (χ0v) is 15.5. The Balaban J connectivity index is 1.66. The number of benzene rings is 1. The summed E-state index contributed by atoms with van der Waals surface area (Å²) in [4.78, 5) is 0. The molecule has 0 spiro atoms. The number of H-pyrrole nitrogens is 1. The Bertz CT molecular complexity index is 961. The lowest BCUT2D eigenvalue weighted by atomic mass is 10.3. The summed E-state index contributed by atoms with van der Waals surface area (Å²) in [5, 5.41) is 12.0. The highest BCUT2D eigenvalue weighted by molar-refractivity contribution is 7.71. The van der Waals surface area contributed by atoms with Crippen LogP contribution in [0, 0.1) is 4.77 Å². The second-order valence-electron chi connectivity index (χ2n) is 5.02. The molecule has 2 aromatic heterocycles. The van der Waals surface area contributed by atoms with Crippen LogP contribution in [0.15, 0.2) is 39.9 Å². The van der Waals surface area contributed by atoms with Gasteiger partial charge in [-0.1, -0.05) is 30.1 Å². The number of aromatic amines is 1. The van der Waals surface area contributed by atoms with Crippen LogP contribution in [0.25, 0.3) is 0 Å². The summed E-state index contributed by atoms with van der Waals surface area (Å²) in [5.74, 6) is 2.59. The predicted octanol–water partition coefficient (Wildman–Crippen LogP) is 4.86. The lowest BCUT2D eigenvalue weighted by Crippen LogP contribution is -1.97. The smallest absolute Gasteiger partial charge is 0.216 e. The van der Waals surface area contributed by atoms with Gasteiger partial charge < -0.3 is 9.15 Å². The minimum Gasteiger partial charge on any atom is -0.486 e. The second-order valence-corrected chi connectivity index (χ2v) is 6.22.